The molecule has 0 unspecified atom stereocenters. The van der Waals surface area contributed by atoms with Gasteiger partial charge in [0.1, 0.15) is 0 Å². The summed E-state index contributed by atoms with van der Waals surface area (Å²) in [7, 11) is -3.14. The summed E-state index contributed by atoms with van der Waals surface area (Å²) in [4.78, 5) is 24.1. The monoisotopic (exact) mass is 403 g/mol. The van der Waals surface area contributed by atoms with Crippen molar-refractivity contribution in [1.82, 2.24) is 5.32 Å². The van der Waals surface area contributed by atoms with Crippen molar-refractivity contribution in [3.63, 3.8) is 0 Å². The van der Waals surface area contributed by atoms with Gasteiger partial charge in [0.25, 0.3) is 5.91 Å². The molecule has 0 aromatic heterocycles. The van der Waals surface area contributed by atoms with E-state index in [9.17, 15) is 18.0 Å². The van der Waals surface area contributed by atoms with Crippen molar-refractivity contribution in [2.24, 2.45) is 0 Å². The third kappa shape index (κ3) is 6.81. The van der Waals surface area contributed by atoms with Crippen LogP contribution in [-0.2, 0) is 31.5 Å². The topological polar surface area (TPSA) is 89.5 Å². The van der Waals surface area contributed by atoms with Crippen LogP contribution in [0.2, 0.25) is 0 Å². The zero-order valence-corrected chi connectivity index (χ0v) is 17.1. The molecule has 0 aliphatic rings. The molecular formula is C21H25NO5S. The Balaban J connectivity index is 1.85. The molecule has 0 radical (unpaired) electrons. The van der Waals surface area contributed by atoms with Gasteiger partial charge in [0.2, 0.25) is 0 Å². The van der Waals surface area contributed by atoms with Crippen LogP contribution in [0.15, 0.2) is 48.5 Å². The van der Waals surface area contributed by atoms with Crippen LogP contribution in [-0.4, -0.2) is 33.2 Å². The van der Waals surface area contributed by atoms with E-state index in [2.05, 4.69) is 12.2 Å². The average molecular weight is 404 g/mol. The Hall–Kier alpha value is -2.67. The maximum absolute atomic E-state index is 12.1. The number of rotatable bonds is 8. The Labute approximate surface area is 165 Å². The van der Waals surface area contributed by atoms with Gasteiger partial charge in [-0.2, -0.15) is 0 Å². The van der Waals surface area contributed by atoms with Gasteiger partial charge in [0.15, 0.2) is 16.4 Å². The summed E-state index contributed by atoms with van der Waals surface area (Å²) in [6.07, 6.45) is 2.10. The van der Waals surface area contributed by atoms with Crippen molar-refractivity contribution in [2.75, 3.05) is 12.9 Å². The molecule has 7 heteroatoms. The van der Waals surface area contributed by atoms with Gasteiger partial charge >= 0.3 is 5.97 Å². The van der Waals surface area contributed by atoms with Crippen molar-refractivity contribution in [2.45, 2.75) is 32.1 Å². The van der Waals surface area contributed by atoms with Gasteiger partial charge in [-0.25, -0.2) is 13.2 Å². The molecule has 0 saturated heterocycles. The van der Waals surface area contributed by atoms with Crippen molar-refractivity contribution in [3.05, 3.63) is 70.8 Å². The maximum atomic E-state index is 12.1. The normalized spacial score (nSPS) is 12.2. The Kier molecular flexibility index (Phi) is 7.34. The second-order valence-electron chi connectivity index (χ2n) is 6.73. The molecule has 28 heavy (non-hydrogen) atoms. The Morgan fingerprint density at radius 3 is 2.11 bits per heavy atom. The van der Waals surface area contributed by atoms with Crippen LogP contribution >= 0.6 is 0 Å². The molecule has 2 aromatic carbocycles. The van der Waals surface area contributed by atoms with Crippen LogP contribution < -0.4 is 5.32 Å². The average Bonchev–Trinajstić information content (AvgIpc) is 2.65. The van der Waals surface area contributed by atoms with Gasteiger partial charge in [0, 0.05) is 6.26 Å². The highest BCUT2D eigenvalue weighted by molar-refractivity contribution is 7.89. The largest absolute Gasteiger partial charge is 0.452 e. The summed E-state index contributed by atoms with van der Waals surface area (Å²) in [5.41, 5.74) is 3.03. The quantitative estimate of drug-likeness (QED) is 0.685. The van der Waals surface area contributed by atoms with E-state index in [-0.39, 0.29) is 24.0 Å². The van der Waals surface area contributed by atoms with Crippen molar-refractivity contribution < 1.29 is 22.7 Å². The molecule has 1 N–H and O–H groups in total. The van der Waals surface area contributed by atoms with Crippen molar-refractivity contribution in [1.29, 1.82) is 0 Å². The first-order chi connectivity index (χ1) is 13.2. The molecule has 0 fully saturated rings. The fraction of sp³-hybridized carbons (Fsp3) is 0.333. The standard InChI is InChI=1S/C21H25NO5S/c1-4-16-5-9-18(10-6-16)15(2)22-20(23)13-27-21(24)19-11-7-17(8-12-19)14-28(3,25)26/h5-12,15H,4,13-14H2,1-3H3,(H,22,23)/t15-/m1/s1. The predicted octanol–water partition coefficient (Wildman–Crippen LogP) is 2.83. The predicted molar refractivity (Wildman–Crippen MR) is 108 cm³/mol. The molecule has 0 spiro atoms. The zero-order valence-electron chi connectivity index (χ0n) is 16.3. The second-order valence-corrected chi connectivity index (χ2v) is 8.87. The fourth-order valence-electron chi connectivity index (χ4n) is 2.66. The molecular weight excluding hydrogens is 378 g/mol. The number of carbonyl (C=O) groups excluding carboxylic acids is 2. The molecule has 0 heterocycles. The van der Waals surface area contributed by atoms with Gasteiger partial charge < -0.3 is 10.1 Å². The van der Waals surface area contributed by atoms with Gasteiger partial charge in [-0.1, -0.05) is 43.3 Å². The van der Waals surface area contributed by atoms with Crippen LogP contribution in [0.3, 0.4) is 0 Å². The molecule has 0 aliphatic heterocycles. The minimum absolute atomic E-state index is 0.0954. The first kappa shape index (κ1) is 21.6. The number of benzene rings is 2. The molecule has 0 bridgehead atoms. The summed E-state index contributed by atoms with van der Waals surface area (Å²) < 4.78 is 27.6. The minimum Gasteiger partial charge on any atom is -0.452 e. The lowest BCUT2D eigenvalue weighted by atomic mass is 10.1. The first-order valence-electron chi connectivity index (χ1n) is 9.00. The Morgan fingerprint density at radius 1 is 1.00 bits per heavy atom. The smallest absolute Gasteiger partial charge is 0.338 e. The molecule has 0 aliphatic carbocycles. The van der Waals surface area contributed by atoms with Crippen LogP contribution in [0.5, 0.6) is 0 Å². The first-order valence-corrected chi connectivity index (χ1v) is 11.1. The van der Waals surface area contributed by atoms with E-state index >= 15 is 0 Å². The van der Waals surface area contributed by atoms with Crippen LogP contribution in [0, 0.1) is 0 Å². The highest BCUT2D eigenvalue weighted by atomic mass is 32.2. The molecule has 150 valence electrons. The van der Waals surface area contributed by atoms with Gasteiger partial charge in [-0.15, -0.1) is 0 Å². The number of hydrogen-bond donors (Lipinski definition) is 1. The third-order valence-electron chi connectivity index (χ3n) is 4.22. The molecule has 2 aromatic rings. The van der Waals surface area contributed by atoms with Crippen LogP contribution in [0.25, 0.3) is 0 Å². The molecule has 2 rings (SSSR count). The molecule has 6 nitrogen and oxygen atoms in total. The van der Waals surface area contributed by atoms with E-state index in [1.165, 1.54) is 17.7 Å². The van der Waals surface area contributed by atoms with E-state index in [1.807, 2.05) is 31.2 Å². The van der Waals surface area contributed by atoms with E-state index in [0.29, 0.717) is 5.56 Å². The van der Waals surface area contributed by atoms with E-state index < -0.39 is 21.7 Å². The lowest BCUT2D eigenvalue weighted by Gasteiger charge is -2.15. The highest BCUT2D eigenvalue weighted by Crippen LogP contribution is 2.14. The number of hydrogen-bond acceptors (Lipinski definition) is 5. The number of sulfone groups is 1. The number of nitrogens with one attached hydrogen (secondary N) is 1. The van der Waals surface area contributed by atoms with Crippen molar-refractivity contribution >= 4 is 21.7 Å². The van der Waals surface area contributed by atoms with Gasteiger partial charge in [0.05, 0.1) is 17.4 Å². The van der Waals surface area contributed by atoms with Gasteiger partial charge in [-0.05, 0) is 42.2 Å². The van der Waals surface area contributed by atoms with E-state index in [4.69, 9.17) is 4.74 Å². The molecule has 1 amide bonds. The summed E-state index contributed by atoms with van der Waals surface area (Å²) in [5.74, 6) is -1.13. The summed E-state index contributed by atoms with van der Waals surface area (Å²) in [5, 5.41) is 2.79. The number of ether oxygens (including phenoxy) is 1. The second kappa shape index (κ2) is 9.50. The molecule has 1 atom stereocenters. The number of amides is 1. The lowest BCUT2D eigenvalue weighted by molar-refractivity contribution is -0.124. The summed E-state index contributed by atoms with van der Waals surface area (Å²) in [6.45, 7) is 3.55. The van der Waals surface area contributed by atoms with Gasteiger partial charge in [-0.3, -0.25) is 4.79 Å². The third-order valence-corrected chi connectivity index (χ3v) is 5.08. The minimum atomic E-state index is -3.14. The Morgan fingerprint density at radius 2 is 1.57 bits per heavy atom. The van der Waals surface area contributed by atoms with Crippen molar-refractivity contribution in [3.8, 4) is 0 Å². The lowest BCUT2D eigenvalue weighted by Crippen LogP contribution is -2.31. The fourth-order valence-corrected chi connectivity index (χ4v) is 3.46. The highest BCUT2D eigenvalue weighted by Gasteiger charge is 2.14. The van der Waals surface area contributed by atoms with E-state index in [0.717, 1.165) is 18.2 Å². The zero-order chi connectivity index (χ0) is 20.7. The number of esters is 1. The SMILES string of the molecule is CCc1ccc([C@@H](C)NC(=O)COC(=O)c2ccc(CS(C)(=O)=O)cc2)cc1. The maximum Gasteiger partial charge on any atom is 0.338 e. The molecule has 0 saturated carbocycles. The summed E-state index contributed by atoms with van der Waals surface area (Å²) >= 11 is 0. The van der Waals surface area contributed by atoms with Crippen LogP contribution in [0.4, 0.5) is 0 Å². The Bertz CT molecular complexity index is 918. The van der Waals surface area contributed by atoms with E-state index in [1.54, 1.807) is 12.1 Å². The number of carbonyl (C=O) groups is 2. The van der Waals surface area contributed by atoms with Crippen LogP contribution in [0.1, 0.15) is 46.9 Å². The number of aryl methyl sites for hydroxylation is 1. The summed E-state index contributed by atoms with van der Waals surface area (Å²) in [6, 6.07) is 13.8.